The first kappa shape index (κ1) is 10.6. The van der Waals surface area contributed by atoms with Gasteiger partial charge in [-0.05, 0) is 13.1 Å². The second-order valence-corrected chi connectivity index (χ2v) is 4.62. The second kappa shape index (κ2) is 4.31. The van der Waals surface area contributed by atoms with E-state index in [1.165, 1.54) is 11.3 Å². The summed E-state index contributed by atoms with van der Waals surface area (Å²) in [6, 6.07) is 7.78. The lowest BCUT2D eigenvalue weighted by Gasteiger charge is -1.95. The van der Waals surface area contributed by atoms with Crippen LogP contribution in [-0.4, -0.2) is 19.4 Å². The zero-order valence-corrected chi connectivity index (χ0v) is 9.78. The summed E-state index contributed by atoms with van der Waals surface area (Å²) in [7, 11) is 1.75. The summed E-state index contributed by atoms with van der Waals surface area (Å²) >= 11 is 7.60. The van der Waals surface area contributed by atoms with Crippen LogP contribution in [-0.2, 0) is 0 Å². The van der Waals surface area contributed by atoms with Crippen molar-refractivity contribution in [3.05, 3.63) is 34.2 Å². The first-order valence-corrected chi connectivity index (χ1v) is 5.78. The summed E-state index contributed by atoms with van der Waals surface area (Å²) in [5.41, 5.74) is 0. The molecule has 1 N–H and O–H groups in total. The highest BCUT2D eigenvalue weighted by Gasteiger charge is 2.15. The lowest BCUT2D eigenvalue weighted by Crippen LogP contribution is -2.17. The molecule has 0 fully saturated rings. The number of ketones is 1. The van der Waals surface area contributed by atoms with Crippen LogP contribution in [0.4, 0.5) is 0 Å². The summed E-state index contributed by atoms with van der Waals surface area (Å²) in [5, 5.41) is 4.38. The summed E-state index contributed by atoms with van der Waals surface area (Å²) < 4.78 is 1.06. The van der Waals surface area contributed by atoms with Crippen LogP contribution in [0.3, 0.4) is 0 Å². The predicted octanol–water partition coefficient (Wildman–Crippen LogP) is 2.96. The van der Waals surface area contributed by atoms with Crippen molar-refractivity contribution < 1.29 is 4.79 Å². The molecule has 2 aromatic rings. The number of benzene rings is 1. The van der Waals surface area contributed by atoms with Gasteiger partial charge in [-0.3, -0.25) is 4.79 Å². The molecule has 0 saturated carbocycles. The molecule has 78 valence electrons. The Bertz CT molecular complexity index is 506. The van der Waals surface area contributed by atoms with Gasteiger partial charge in [0.1, 0.15) is 0 Å². The molecule has 0 radical (unpaired) electrons. The van der Waals surface area contributed by atoms with Crippen molar-refractivity contribution in [1.29, 1.82) is 0 Å². The molecule has 0 spiro atoms. The molecular formula is C11H10ClNOS. The van der Waals surface area contributed by atoms with Crippen LogP contribution >= 0.6 is 22.9 Å². The van der Waals surface area contributed by atoms with Crippen LogP contribution in [0.2, 0.25) is 5.02 Å². The third kappa shape index (κ3) is 1.91. The van der Waals surface area contributed by atoms with Gasteiger partial charge < -0.3 is 5.32 Å². The fourth-order valence-electron chi connectivity index (χ4n) is 1.43. The highest BCUT2D eigenvalue weighted by molar-refractivity contribution is 7.21. The molecule has 1 aromatic heterocycles. The van der Waals surface area contributed by atoms with Crippen molar-refractivity contribution >= 4 is 38.8 Å². The average molecular weight is 240 g/mol. The van der Waals surface area contributed by atoms with Crippen molar-refractivity contribution in [1.82, 2.24) is 5.32 Å². The van der Waals surface area contributed by atoms with Crippen molar-refractivity contribution in [2.45, 2.75) is 0 Å². The minimum absolute atomic E-state index is 0.0451. The molecule has 0 aliphatic carbocycles. The lowest BCUT2D eigenvalue weighted by molar-refractivity contribution is 0.0997. The van der Waals surface area contributed by atoms with Crippen LogP contribution in [0.15, 0.2) is 24.3 Å². The van der Waals surface area contributed by atoms with Crippen LogP contribution in [0.5, 0.6) is 0 Å². The number of nitrogens with one attached hydrogen (secondary N) is 1. The van der Waals surface area contributed by atoms with Gasteiger partial charge >= 0.3 is 0 Å². The van der Waals surface area contributed by atoms with E-state index >= 15 is 0 Å². The number of likely N-dealkylation sites (N-methyl/N-ethyl adjacent to an activating group) is 1. The van der Waals surface area contributed by atoms with Gasteiger partial charge in [0.2, 0.25) is 0 Å². The van der Waals surface area contributed by atoms with Gasteiger partial charge in [0.05, 0.1) is 16.4 Å². The van der Waals surface area contributed by atoms with Crippen molar-refractivity contribution in [3.8, 4) is 0 Å². The maximum absolute atomic E-state index is 11.7. The fourth-order valence-corrected chi connectivity index (χ4v) is 2.91. The largest absolute Gasteiger partial charge is 0.313 e. The number of fused-ring (bicyclic) bond motifs is 1. The Kier molecular flexibility index (Phi) is 3.05. The van der Waals surface area contributed by atoms with Gasteiger partial charge in [-0.15, -0.1) is 11.3 Å². The first-order valence-electron chi connectivity index (χ1n) is 4.59. The first-order chi connectivity index (χ1) is 7.24. The van der Waals surface area contributed by atoms with Crippen LogP contribution in [0, 0.1) is 0 Å². The molecule has 0 aliphatic rings. The number of Topliss-reactive ketones (excluding diaryl/α,β-unsaturated/α-hetero) is 1. The molecule has 0 atom stereocenters. The van der Waals surface area contributed by atoms with Gasteiger partial charge in [-0.25, -0.2) is 0 Å². The number of carbonyl (C=O) groups excluding carboxylic acids is 1. The smallest absolute Gasteiger partial charge is 0.188 e. The van der Waals surface area contributed by atoms with E-state index in [0.29, 0.717) is 16.4 Å². The quantitative estimate of drug-likeness (QED) is 0.835. The summed E-state index contributed by atoms with van der Waals surface area (Å²) in [5.74, 6) is 0.0451. The van der Waals surface area contributed by atoms with Gasteiger partial charge in [-0.1, -0.05) is 29.8 Å². The summed E-state index contributed by atoms with van der Waals surface area (Å²) in [4.78, 5) is 12.3. The minimum atomic E-state index is 0.0451. The van der Waals surface area contributed by atoms with E-state index in [-0.39, 0.29) is 5.78 Å². The Balaban J connectivity index is 2.53. The minimum Gasteiger partial charge on any atom is -0.313 e. The Morgan fingerprint density at radius 2 is 2.20 bits per heavy atom. The highest BCUT2D eigenvalue weighted by atomic mass is 35.5. The molecule has 4 heteroatoms. The number of hydrogen-bond acceptors (Lipinski definition) is 3. The average Bonchev–Trinajstić information content (AvgIpc) is 2.57. The molecule has 0 bridgehead atoms. The monoisotopic (exact) mass is 239 g/mol. The van der Waals surface area contributed by atoms with Gasteiger partial charge in [0.15, 0.2) is 5.78 Å². The second-order valence-electron chi connectivity index (χ2n) is 3.19. The standard InChI is InChI=1S/C11H10ClNOS/c1-13-6-8(14)11-10(12)7-4-2-3-5-9(7)15-11/h2-5,13H,6H2,1H3. The maximum atomic E-state index is 11.7. The molecule has 0 saturated heterocycles. The third-order valence-corrected chi connectivity index (χ3v) is 3.84. The van der Waals surface area contributed by atoms with Crippen LogP contribution in [0.25, 0.3) is 10.1 Å². The number of halogens is 1. The van der Waals surface area contributed by atoms with E-state index in [4.69, 9.17) is 11.6 Å². The lowest BCUT2D eigenvalue weighted by atomic mass is 10.2. The molecule has 0 amide bonds. The number of carbonyl (C=O) groups is 1. The van der Waals surface area contributed by atoms with E-state index in [1.807, 2.05) is 24.3 Å². The maximum Gasteiger partial charge on any atom is 0.188 e. The molecular weight excluding hydrogens is 230 g/mol. The van der Waals surface area contributed by atoms with Gasteiger partial charge in [0, 0.05) is 10.1 Å². The topological polar surface area (TPSA) is 29.1 Å². The molecule has 2 nitrogen and oxygen atoms in total. The summed E-state index contributed by atoms with van der Waals surface area (Å²) in [6.45, 7) is 0.326. The van der Waals surface area contributed by atoms with E-state index in [9.17, 15) is 4.79 Å². The van der Waals surface area contributed by atoms with E-state index in [1.54, 1.807) is 7.05 Å². The van der Waals surface area contributed by atoms with E-state index in [0.717, 1.165) is 10.1 Å². The fraction of sp³-hybridized carbons (Fsp3) is 0.182. The Morgan fingerprint density at radius 3 is 2.87 bits per heavy atom. The Hall–Kier alpha value is -0.900. The molecule has 1 aromatic carbocycles. The van der Waals surface area contributed by atoms with Crippen molar-refractivity contribution in [2.75, 3.05) is 13.6 Å². The van der Waals surface area contributed by atoms with Gasteiger partial charge in [0.25, 0.3) is 0 Å². The summed E-state index contributed by atoms with van der Waals surface area (Å²) in [6.07, 6.45) is 0. The molecule has 1 heterocycles. The molecule has 0 unspecified atom stereocenters. The zero-order chi connectivity index (χ0) is 10.8. The SMILES string of the molecule is CNCC(=O)c1sc2ccccc2c1Cl. The molecule has 15 heavy (non-hydrogen) atoms. The Morgan fingerprint density at radius 1 is 1.47 bits per heavy atom. The van der Waals surface area contributed by atoms with Crippen LogP contribution in [0.1, 0.15) is 9.67 Å². The van der Waals surface area contributed by atoms with Crippen molar-refractivity contribution in [3.63, 3.8) is 0 Å². The van der Waals surface area contributed by atoms with E-state index < -0.39 is 0 Å². The number of thiophene rings is 1. The normalized spacial score (nSPS) is 10.8. The third-order valence-electron chi connectivity index (χ3n) is 2.13. The number of rotatable bonds is 3. The molecule has 0 aliphatic heterocycles. The van der Waals surface area contributed by atoms with Crippen molar-refractivity contribution in [2.24, 2.45) is 0 Å². The van der Waals surface area contributed by atoms with Gasteiger partial charge in [-0.2, -0.15) is 0 Å². The predicted molar refractivity (Wildman–Crippen MR) is 65.1 cm³/mol. The van der Waals surface area contributed by atoms with E-state index in [2.05, 4.69) is 5.32 Å². The highest BCUT2D eigenvalue weighted by Crippen LogP contribution is 2.35. The Labute approximate surface area is 96.9 Å². The molecule has 2 rings (SSSR count). The van der Waals surface area contributed by atoms with Crippen LogP contribution < -0.4 is 5.32 Å². The zero-order valence-electron chi connectivity index (χ0n) is 8.21. The number of hydrogen-bond donors (Lipinski definition) is 1.